The highest BCUT2D eigenvalue weighted by Crippen LogP contribution is 2.14. The molecule has 2 heteroatoms. The number of rotatable bonds is 27. The van der Waals surface area contributed by atoms with Crippen LogP contribution in [0.25, 0.3) is 0 Å². The predicted octanol–water partition coefficient (Wildman–Crippen LogP) is 10.7. The maximum absolute atomic E-state index is 2.59. The van der Waals surface area contributed by atoms with Crippen molar-refractivity contribution in [3.63, 3.8) is 0 Å². The van der Waals surface area contributed by atoms with Crippen LogP contribution in [0, 0.1) is 0 Å². The van der Waals surface area contributed by atoms with Gasteiger partial charge >= 0.3 is 0 Å². The summed E-state index contributed by atoms with van der Waals surface area (Å²) in [6.07, 6.45) is 40.0. The van der Waals surface area contributed by atoms with Crippen LogP contribution in [-0.2, 0) is 19.5 Å². The van der Waals surface area contributed by atoms with Crippen LogP contribution in [0.3, 0.4) is 0 Å². The SMILES string of the molecule is CCCCCCCCCCCCCCCCCc1n(CCCCCC)cc[n+]1CCCCCCC. The molecule has 0 saturated carbocycles. The maximum Gasteiger partial charge on any atom is 0.256 e. The van der Waals surface area contributed by atoms with E-state index in [-0.39, 0.29) is 0 Å². The molecule has 1 aromatic rings. The van der Waals surface area contributed by atoms with Gasteiger partial charge in [-0.15, -0.1) is 0 Å². The number of hydrogen-bond acceptors (Lipinski definition) is 0. The summed E-state index contributed by atoms with van der Waals surface area (Å²) in [5.41, 5.74) is 0. The Morgan fingerprint density at radius 1 is 0.486 bits per heavy atom. The lowest BCUT2D eigenvalue weighted by atomic mass is 10.0. The number of nitrogens with zero attached hydrogens (tertiary/aromatic N) is 2. The van der Waals surface area contributed by atoms with Crippen molar-refractivity contribution >= 4 is 0 Å². The van der Waals surface area contributed by atoms with Gasteiger partial charge in [-0.1, -0.05) is 143 Å². The van der Waals surface area contributed by atoms with Crippen LogP contribution in [0.15, 0.2) is 12.4 Å². The van der Waals surface area contributed by atoms with E-state index in [1.807, 2.05) is 0 Å². The van der Waals surface area contributed by atoms with Gasteiger partial charge in [0.2, 0.25) is 0 Å². The molecular weight excluding hydrogens is 424 g/mol. The van der Waals surface area contributed by atoms with E-state index in [9.17, 15) is 0 Å². The molecular formula is C33H65N2+. The molecule has 0 aliphatic rings. The molecule has 0 aliphatic heterocycles. The Kier molecular flexibility index (Phi) is 22.9. The van der Waals surface area contributed by atoms with Gasteiger partial charge in [-0.2, -0.15) is 0 Å². The normalized spacial score (nSPS) is 11.5. The van der Waals surface area contributed by atoms with E-state index in [1.165, 1.54) is 174 Å². The Morgan fingerprint density at radius 3 is 1.37 bits per heavy atom. The second-order valence-corrected chi connectivity index (χ2v) is 11.3. The molecule has 0 aliphatic carbocycles. The van der Waals surface area contributed by atoms with Gasteiger partial charge in [0.15, 0.2) is 0 Å². The lowest BCUT2D eigenvalue weighted by Gasteiger charge is -2.07. The van der Waals surface area contributed by atoms with Crippen molar-refractivity contribution < 1.29 is 4.57 Å². The van der Waals surface area contributed by atoms with E-state index in [2.05, 4.69) is 42.3 Å². The van der Waals surface area contributed by atoms with Gasteiger partial charge in [0.25, 0.3) is 5.82 Å². The minimum Gasteiger partial charge on any atom is -0.234 e. The van der Waals surface area contributed by atoms with Crippen LogP contribution in [0.4, 0.5) is 0 Å². The van der Waals surface area contributed by atoms with E-state index in [0.29, 0.717) is 0 Å². The summed E-state index contributed by atoms with van der Waals surface area (Å²) >= 11 is 0. The summed E-state index contributed by atoms with van der Waals surface area (Å²) in [4.78, 5) is 0. The van der Waals surface area contributed by atoms with Crippen LogP contribution in [0.1, 0.15) is 181 Å². The number of hydrogen-bond donors (Lipinski definition) is 0. The van der Waals surface area contributed by atoms with Gasteiger partial charge in [0, 0.05) is 6.42 Å². The zero-order chi connectivity index (χ0) is 25.2. The average molecular weight is 490 g/mol. The first-order chi connectivity index (χ1) is 17.3. The quantitative estimate of drug-likeness (QED) is 0.0858. The van der Waals surface area contributed by atoms with Crippen LogP contribution < -0.4 is 4.57 Å². The largest absolute Gasteiger partial charge is 0.256 e. The summed E-state index contributed by atoms with van der Waals surface area (Å²) in [5.74, 6) is 1.60. The van der Waals surface area contributed by atoms with Gasteiger partial charge in [-0.05, 0) is 32.1 Å². The third kappa shape index (κ3) is 18.2. The second kappa shape index (κ2) is 24.9. The maximum atomic E-state index is 2.59. The van der Waals surface area contributed by atoms with E-state index in [0.717, 1.165) is 0 Å². The number of unbranched alkanes of at least 4 members (excludes halogenated alkanes) is 21. The zero-order valence-electron chi connectivity index (χ0n) is 24.6. The predicted molar refractivity (Wildman–Crippen MR) is 156 cm³/mol. The van der Waals surface area contributed by atoms with Crippen molar-refractivity contribution in [2.45, 2.75) is 194 Å². The summed E-state index contributed by atoms with van der Waals surface area (Å²) in [7, 11) is 0. The lowest BCUT2D eigenvalue weighted by Crippen LogP contribution is -2.37. The standard InChI is InChI=1S/C33H65N2/c1-4-7-10-13-14-15-16-17-18-19-20-21-22-23-25-28-33-34(29-26-12-9-6-3)31-32-35(33)30-27-24-11-8-5-2/h31-32H,4-30H2,1-3H3/q+1. The molecule has 0 fully saturated rings. The molecule has 0 bridgehead atoms. The Balaban J connectivity index is 2.17. The lowest BCUT2D eigenvalue weighted by molar-refractivity contribution is -0.704. The molecule has 206 valence electrons. The Bertz CT molecular complexity index is 547. The summed E-state index contributed by atoms with van der Waals surface area (Å²) < 4.78 is 5.18. The number of aryl methyl sites for hydroxylation is 2. The van der Waals surface area contributed by atoms with Gasteiger partial charge < -0.3 is 0 Å². The third-order valence-electron chi connectivity index (χ3n) is 7.85. The minimum absolute atomic E-state index is 1.22. The molecule has 0 N–H and O–H groups in total. The molecule has 1 aromatic heterocycles. The monoisotopic (exact) mass is 490 g/mol. The second-order valence-electron chi connectivity index (χ2n) is 11.3. The highest BCUT2D eigenvalue weighted by molar-refractivity contribution is 4.84. The molecule has 1 rings (SSSR count). The fourth-order valence-electron chi connectivity index (χ4n) is 5.44. The van der Waals surface area contributed by atoms with Crippen LogP contribution in [0.2, 0.25) is 0 Å². The number of imidazole rings is 1. The van der Waals surface area contributed by atoms with E-state index in [4.69, 9.17) is 0 Å². The van der Waals surface area contributed by atoms with Crippen LogP contribution in [-0.4, -0.2) is 4.57 Å². The molecule has 0 unspecified atom stereocenters. The zero-order valence-corrected chi connectivity index (χ0v) is 24.6. The van der Waals surface area contributed by atoms with Crippen molar-refractivity contribution in [2.75, 3.05) is 0 Å². The summed E-state index contributed by atoms with van der Waals surface area (Å²) in [6.45, 7) is 9.37. The summed E-state index contributed by atoms with van der Waals surface area (Å²) in [6, 6.07) is 0. The average Bonchev–Trinajstić information content (AvgIpc) is 3.25. The molecule has 0 radical (unpaired) electrons. The molecule has 0 amide bonds. The van der Waals surface area contributed by atoms with Gasteiger partial charge in [0.05, 0.1) is 13.1 Å². The Morgan fingerprint density at radius 2 is 0.886 bits per heavy atom. The Labute approximate surface area is 221 Å². The fourth-order valence-corrected chi connectivity index (χ4v) is 5.44. The van der Waals surface area contributed by atoms with E-state index in [1.54, 1.807) is 5.82 Å². The van der Waals surface area contributed by atoms with Crippen molar-refractivity contribution in [2.24, 2.45) is 0 Å². The first kappa shape index (κ1) is 32.2. The van der Waals surface area contributed by atoms with Crippen molar-refractivity contribution in [3.05, 3.63) is 18.2 Å². The molecule has 0 atom stereocenters. The molecule has 0 aromatic carbocycles. The highest BCUT2D eigenvalue weighted by atomic mass is 15.1. The van der Waals surface area contributed by atoms with E-state index >= 15 is 0 Å². The first-order valence-corrected chi connectivity index (χ1v) is 16.4. The van der Waals surface area contributed by atoms with Crippen molar-refractivity contribution in [1.29, 1.82) is 0 Å². The van der Waals surface area contributed by atoms with Crippen LogP contribution >= 0.6 is 0 Å². The van der Waals surface area contributed by atoms with E-state index < -0.39 is 0 Å². The molecule has 0 spiro atoms. The van der Waals surface area contributed by atoms with Gasteiger partial charge in [0.1, 0.15) is 12.4 Å². The first-order valence-electron chi connectivity index (χ1n) is 16.4. The smallest absolute Gasteiger partial charge is 0.234 e. The molecule has 0 saturated heterocycles. The summed E-state index contributed by atoms with van der Waals surface area (Å²) in [5, 5.41) is 0. The number of aromatic nitrogens is 2. The fraction of sp³-hybridized carbons (Fsp3) is 0.909. The van der Waals surface area contributed by atoms with Crippen molar-refractivity contribution in [1.82, 2.24) is 4.57 Å². The molecule has 35 heavy (non-hydrogen) atoms. The minimum atomic E-state index is 1.22. The third-order valence-corrected chi connectivity index (χ3v) is 7.85. The van der Waals surface area contributed by atoms with Crippen LogP contribution in [0.5, 0.6) is 0 Å². The topological polar surface area (TPSA) is 8.81 Å². The highest BCUT2D eigenvalue weighted by Gasteiger charge is 2.16. The molecule has 1 heterocycles. The van der Waals surface area contributed by atoms with Gasteiger partial charge in [-0.3, -0.25) is 0 Å². The Hall–Kier alpha value is -0.790. The van der Waals surface area contributed by atoms with Crippen molar-refractivity contribution in [3.8, 4) is 0 Å². The molecule has 2 nitrogen and oxygen atoms in total. The van der Waals surface area contributed by atoms with Gasteiger partial charge in [-0.25, -0.2) is 9.13 Å².